The third-order valence-corrected chi connectivity index (χ3v) is 5.23. The van der Waals surface area contributed by atoms with E-state index in [1.54, 1.807) is 12.1 Å². The summed E-state index contributed by atoms with van der Waals surface area (Å²) in [7, 11) is 1.23. The average Bonchev–Trinajstić information content (AvgIpc) is 2.83. The van der Waals surface area contributed by atoms with E-state index in [-0.39, 0.29) is 24.3 Å². The molecule has 0 unspecified atom stereocenters. The van der Waals surface area contributed by atoms with Gasteiger partial charge in [0.25, 0.3) is 5.91 Å². The first-order valence-electron chi connectivity index (χ1n) is 10.0. The Bertz CT molecular complexity index is 1200. The van der Waals surface area contributed by atoms with Gasteiger partial charge in [-0.3, -0.25) is 14.8 Å². The zero-order valence-electron chi connectivity index (χ0n) is 17.8. The maximum absolute atomic E-state index is 13.2. The molecule has 0 bridgehead atoms. The topological polar surface area (TPSA) is 99.6 Å². The Morgan fingerprint density at radius 1 is 1.09 bits per heavy atom. The van der Waals surface area contributed by atoms with Crippen LogP contribution in [0.2, 0.25) is 0 Å². The van der Waals surface area contributed by atoms with Gasteiger partial charge in [-0.1, -0.05) is 12.1 Å². The normalized spacial score (nSPS) is 17.2. The SMILES string of the molecule is COC(=O)c1ccc(C(=O)N[C@]2(c3ccc(OC(F)(F)F)cc3)CCOc3cccnc32)nc1. The Hall–Kier alpha value is -4.15. The molecular formula is C23H18F3N3O5. The number of ether oxygens (including phenoxy) is 3. The fraction of sp³-hybridized carbons (Fsp3) is 0.217. The van der Waals surface area contributed by atoms with Gasteiger partial charge < -0.3 is 19.5 Å². The van der Waals surface area contributed by atoms with Gasteiger partial charge in [-0.2, -0.15) is 0 Å². The zero-order chi connectivity index (χ0) is 24.3. The van der Waals surface area contributed by atoms with Gasteiger partial charge in [-0.25, -0.2) is 4.79 Å². The number of alkyl halides is 3. The second-order valence-corrected chi connectivity index (χ2v) is 7.30. The number of nitrogens with one attached hydrogen (secondary N) is 1. The molecule has 1 aliphatic heterocycles. The molecule has 3 heterocycles. The van der Waals surface area contributed by atoms with Gasteiger partial charge in [0, 0.05) is 18.8 Å². The minimum atomic E-state index is -4.83. The summed E-state index contributed by atoms with van der Waals surface area (Å²) < 4.78 is 52.0. The van der Waals surface area contributed by atoms with Crippen LogP contribution in [0.25, 0.3) is 0 Å². The molecule has 3 aromatic rings. The van der Waals surface area contributed by atoms with E-state index in [1.807, 2.05) is 0 Å². The molecule has 0 saturated heterocycles. The van der Waals surface area contributed by atoms with Crippen molar-refractivity contribution in [2.24, 2.45) is 0 Å². The van der Waals surface area contributed by atoms with Gasteiger partial charge >= 0.3 is 12.3 Å². The molecule has 2 aromatic heterocycles. The van der Waals surface area contributed by atoms with E-state index in [0.29, 0.717) is 17.0 Å². The van der Waals surface area contributed by atoms with Crippen molar-refractivity contribution in [1.82, 2.24) is 15.3 Å². The third-order valence-electron chi connectivity index (χ3n) is 5.23. The first-order chi connectivity index (χ1) is 16.2. The average molecular weight is 473 g/mol. The molecular weight excluding hydrogens is 455 g/mol. The number of carbonyl (C=O) groups is 2. The smallest absolute Gasteiger partial charge is 0.491 e. The summed E-state index contributed by atoms with van der Waals surface area (Å²) in [6.45, 7) is 0.217. The van der Waals surface area contributed by atoms with Crippen LogP contribution in [-0.2, 0) is 10.3 Å². The number of hydrogen-bond acceptors (Lipinski definition) is 7. The molecule has 4 rings (SSSR count). The van der Waals surface area contributed by atoms with Crippen LogP contribution >= 0.6 is 0 Å². The minimum absolute atomic E-state index is 0.0213. The first kappa shape index (κ1) is 23.0. The molecule has 0 spiro atoms. The van der Waals surface area contributed by atoms with E-state index in [9.17, 15) is 22.8 Å². The van der Waals surface area contributed by atoms with E-state index in [0.717, 1.165) is 12.1 Å². The number of nitrogens with zero attached hydrogens (tertiary/aromatic N) is 2. The van der Waals surface area contributed by atoms with Crippen molar-refractivity contribution in [2.45, 2.75) is 18.3 Å². The standard InChI is InChI=1S/C23H18F3N3O5/c1-32-21(31)14-4-9-17(28-13-14)20(30)29-22(10-12-33-18-3-2-11-27-19(18)22)15-5-7-16(8-6-15)34-23(24,25)26/h2-9,11,13H,10,12H2,1H3,(H,29,30)/t22-/m0/s1. The Labute approximate surface area is 191 Å². The summed E-state index contributed by atoms with van der Waals surface area (Å²) in [6.07, 6.45) is -1.84. The van der Waals surface area contributed by atoms with Gasteiger partial charge in [0.1, 0.15) is 28.4 Å². The van der Waals surface area contributed by atoms with Gasteiger partial charge in [0.05, 0.1) is 19.3 Å². The number of rotatable bonds is 5. The van der Waals surface area contributed by atoms with E-state index in [4.69, 9.17) is 4.74 Å². The highest BCUT2D eigenvalue weighted by Gasteiger charge is 2.43. The largest absolute Gasteiger partial charge is 0.573 e. The van der Waals surface area contributed by atoms with E-state index < -0.39 is 29.5 Å². The van der Waals surface area contributed by atoms with Crippen molar-refractivity contribution in [3.05, 3.63) is 83.4 Å². The van der Waals surface area contributed by atoms with Crippen LogP contribution < -0.4 is 14.8 Å². The molecule has 1 amide bonds. The molecule has 1 N–H and O–H groups in total. The lowest BCUT2D eigenvalue weighted by molar-refractivity contribution is -0.274. The molecule has 34 heavy (non-hydrogen) atoms. The van der Waals surface area contributed by atoms with E-state index in [1.165, 1.54) is 43.8 Å². The fourth-order valence-corrected chi connectivity index (χ4v) is 3.70. The second-order valence-electron chi connectivity index (χ2n) is 7.30. The summed E-state index contributed by atoms with van der Waals surface area (Å²) in [4.78, 5) is 33.2. The number of esters is 1. The minimum Gasteiger partial charge on any atom is -0.491 e. The molecule has 0 saturated carbocycles. The predicted molar refractivity (Wildman–Crippen MR) is 111 cm³/mol. The summed E-state index contributed by atoms with van der Waals surface area (Å²) in [6, 6.07) is 11.3. The molecule has 1 aliphatic rings. The van der Waals surface area contributed by atoms with Crippen LogP contribution in [0, 0.1) is 0 Å². The summed E-state index contributed by atoms with van der Waals surface area (Å²) in [5.41, 5.74) is -0.152. The zero-order valence-corrected chi connectivity index (χ0v) is 17.8. The lowest BCUT2D eigenvalue weighted by Crippen LogP contribution is -2.50. The molecule has 8 nitrogen and oxygen atoms in total. The lowest BCUT2D eigenvalue weighted by atomic mass is 9.81. The Morgan fingerprint density at radius 2 is 1.85 bits per heavy atom. The number of aromatic nitrogens is 2. The maximum atomic E-state index is 13.2. The maximum Gasteiger partial charge on any atom is 0.573 e. The van der Waals surface area contributed by atoms with Gasteiger partial charge in [-0.05, 0) is 42.0 Å². The monoisotopic (exact) mass is 473 g/mol. The molecule has 1 aromatic carbocycles. The highest BCUT2D eigenvalue weighted by Crippen LogP contribution is 2.41. The van der Waals surface area contributed by atoms with Gasteiger partial charge in [0.2, 0.25) is 0 Å². The number of halogens is 3. The van der Waals surface area contributed by atoms with Crippen LogP contribution in [0.5, 0.6) is 11.5 Å². The number of benzene rings is 1. The van der Waals surface area contributed by atoms with Gasteiger partial charge in [-0.15, -0.1) is 13.2 Å². The van der Waals surface area contributed by atoms with Crippen molar-refractivity contribution in [3.8, 4) is 11.5 Å². The Kier molecular flexibility index (Phi) is 6.10. The van der Waals surface area contributed by atoms with Crippen LogP contribution in [0.1, 0.15) is 38.5 Å². The first-order valence-corrected chi connectivity index (χ1v) is 10.0. The van der Waals surface area contributed by atoms with Crippen molar-refractivity contribution < 1.29 is 37.0 Å². The molecule has 11 heteroatoms. The molecule has 176 valence electrons. The molecule has 0 radical (unpaired) electrons. The van der Waals surface area contributed by atoms with Crippen LogP contribution in [0.15, 0.2) is 60.9 Å². The summed E-state index contributed by atoms with van der Waals surface area (Å²) in [5, 5.41) is 2.93. The highest BCUT2D eigenvalue weighted by atomic mass is 19.4. The second kappa shape index (κ2) is 9.00. The number of carbonyl (C=O) groups excluding carboxylic acids is 2. The number of methoxy groups -OCH3 is 1. The number of pyridine rings is 2. The van der Waals surface area contributed by atoms with E-state index >= 15 is 0 Å². The third kappa shape index (κ3) is 4.63. The van der Waals surface area contributed by atoms with Crippen molar-refractivity contribution in [2.75, 3.05) is 13.7 Å². The Morgan fingerprint density at radius 3 is 2.50 bits per heavy atom. The molecule has 1 atom stereocenters. The highest BCUT2D eigenvalue weighted by molar-refractivity contribution is 5.95. The number of fused-ring (bicyclic) bond motifs is 1. The van der Waals surface area contributed by atoms with Crippen LogP contribution in [0.4, 0.5) is 13.2 Å². The van der Waals surface area contributed by atoms with E-state index in [2.05, 4.69) is 24.8 Å². The lowest BCUT2D eigenvalue weighted by Gasteiger charge is -2.38. The summed E-state index contributed by atoms with van der Waals surface area (Å²) in [5.74, 6) is -1.14. The van der Waals surface area contributed by atoms with Crippen molar-refractivity contribution >= 4 is 11.9 Å². The summed E-state index contributed by atoms with van der Waals surface area (Å²) >= 11 is 0. The molecule has 0 aliphatic carbocycles. The van der Waals surface area contributed by atoms with Crippen LogP contribution in [-0.4, -0.2) is 41.9 Å². The number of amides is 1. The molecule has 0 fully saturated rings. The quantitative estimate of drug-likeness (QED) is 0.565. The van der Waals surface area contributed by atoms with Gasteiger partial charge in [0.15, 0.2) is 0 Å². The van der Waals surface area contributed by atoms with Crippen molar-refractivity contribution in [3.63, 3.8) is 0 Å². The van der Waals surface area contributed by atoms with Crippen LogP contribution in [0.3, 0.4) is 0 Å². The Balaban J connectivity index is 1.72. The number of hydrogen-bond donors (Lipinski definition) is 1. The predicted octanol–water partition coefficient (Wildman–Crippen LogP) is 3.62. The van der Waals surface area contributed by atoms with Crippen molar-refractivity contribution in [1.29, 1.82) is 0 Å². The fourth-order valence-electron chi connectivity index (χ4n) is 3.70.